The number of nitrogens with zero attached hydrogens (tertiary/aromatic N) is 1. The summed E-state index contributed by atoms with van der Waals surface area (Å²) in [6, 6.07) is -0.448. The number of hydrogen-bond acceptors (Lipinski definition) is 4. The minimum absolute atomic E-state index is 0.00813. The highest BCUT2D eigenvalue weighted by atomic mass is 16.5. The third kappa shape index (κ3) is 4.83. The fourth-order valence-corrected chi connectivity index (χ4v) is 2.29. The van der Waals surface area contributed by atoms with Gasteiger partial charge < -0.3 is 15.0 Å². The van der Waals surface area contributed by atoms with E-state index in [1.54, 1.807) is 11.8 Å². The summed E-state index contributed by atoms with van der Waals surface area (Å²) in [5.74, 6) is -0.452. The molecule has 0 aromatic heterocycles. The van der Waals surface area contributed by atoms with E-state index in [0.29, 0.717) is 19.4 Å². The number of likely N-dealkylation sites (tertiary alicyclic amines) is 1. The summed E-state index contributed by atoms with van der Waals surface area (Å²) in [4.78, 5) is 36.9. The predicted octanol–water partition coefficient (Wildman–Crippen LogP) is 0.703. The van der Waals surface area contributed by atoms with E-state index >= 15 is 0 Å². The monoisotopic (exact) mass is 284 g/mol. The minimum atomic E-state index is -0.459. The largest absolute Gasteiger partial charge is 0.465 e. The molecule has 0 spiro atoms. The molecule has 1 atom stereocenters. The molecular weight excluding hydrogens is 260 g/mol. The van der Waals surface area contributed by atoms with Crippen molar-refractivity contribution < 1.29 is 19.1 Å². The zero-order valence-electron chi connectivity index (χ0n) is 12.5. The molecule has 0 aliphatic carbocycles. The van der Waals surface area contributed by atoms with Crippen molar-refractivity contribution in [3.8, 4) is 0 Å². The van der Waals surface area contributed by atoms with Gasteiger partial charge in [0.05, 0.1) is 6.61 Å². The number of carbonyl (C=O) groups excluding carboxylic acids is 3. The van der Waals surface area contributed by atoms with Gasteiger partial charge in [-0.3, -0.25) is 14.4 Å². The van der Waals surface area contributed by atoms with E-state index in [1.807, 2.05) is 13.8 Å². The van der Waals surface area contributed by atoms with Crippen molar-refractivity contribution in [2.45, 2.75) is 46.1 Å². The minimum Gasteiger partial charge on any atom is -0.465 e. The van der Waals surface area contributed by atoms with Gasteiger partial charge in [-0.15, -0.1) is 0 Å². The Labute approximate surface area is 119 Å². The van der Waals surface area contributed by atoms with Crippen LogP contribution in [0.15, 0.2) is 0 Å². The van der Waals surface area contributed by atoms with Gasteiger partial charge in [0, 0.05) is 13.0 Å². The number of ether oxygens (including phenoxy) is 1. The van der Waals surface area contributed by atoms with Crippen molar-refractivity contribution in [2.75, 3.05) is 19.7 Å². The van der Waals surface area contributed by atoms with Crippen LogP contribution in [0.25, 0.3) is 0 Å². The molecule has 20 heavy (non-hydrogen) atoms. The average Bonchev–Trinajstić information content (AvgIpc) is 2.84. The van der Waals surface area contributed by atoms with Crippen LogP contribution in [0.1, 0.15) is 40.0 Å². The number of amides is 2. The summed E-state index contributed by atoms with van der Waals surface area (Å²) in [6.07, 6.45) is 1.92. The molecule has 6 nitrogen and oxygen atoms in total. The first kappa shape index (κ1) is 16.5. The quantitative estimate of drug-likeness (QED) is 0.729. The van der Waals surface area contributed by atoms with E-state index in [0.717, 1.165) is 6.42 Å². The van der Waals surface area contributed by atoms with Gasteiger partial charge in [-0.25, -0.2) is 0 Å². The molecule has 1 aliphatic heterocycles. The van der Waals surface area contributed by atoms with Crippen LogP contribution in [-0.2, 0) is 19.1 Å². The lowest BCUT2D eigenvalue weighted by atomic mass is 10.1. The summed E-state index contributed by atoms with van der Waals surface area (Å²) in [6.45, 7) is 6.42. The third-order valence-electron chi connectivity index (χ3n) is 3.17. The highest BCUT2D eigenvalue weighted by Gasteiger charge is 2.34. The van der Waals surface area contributed by atoms with Gasteiger partial charge in [-0.2, -0.15) is 0 Å². The molecule has 0 aromatic carbocycles. The van der Waals surface area contributed by atoms with E-state index in [4.69, 9.17) is 4.74 Å². The highest BCUT2D eigenvalue weighted by Crippen LogP contribution is 2.19. The molecular formula is C14H24N2O4. The normalized spacial score (nSPS) is 18.2. The average molecular weight is 284 g/mol. The van der Waals surface area contributed by atoms with Gasteiger partial charge in [-0.05, 0) is 25.7 Å². The Bertz CT molecular complexity index is 368. The van der Waals surface area contributed by atoms with Crippen LogP contribution in [0.3, 0.4) is 0 Å². The van der Waals surface area contributed by atoms with E-state index < -0.39 is 12.0 Å². The number of carbonyl (C=O) groups is 3. The van der Waals surface area contributed by atoms with Crippen LogP contribution in [0.4, 0.5) is 0 Å². The standard InChI is InChI=1S/C14H24N2O4/c1-4-20-13(18)9-15-14(19)11-6-5-7-16(11)12(17)8-10(2)3/h10-11H,4-9H2,1-3H3,(H,15,19)/t11-/m0/s1. The Morgan fingerprint density at radius 2 is 2.05 bits per heavy atom. The van der Waals surface area contributed by atoms with Gasteiger partial charge >= 0.3 is 5.97 Å². The summed E-state index contributed by atoms with van der Waals surface area (Å²) in [7, 11) is 0. The van der Waals surface area contributed by atoms with Crippen molar-refractivity contribution in [3.63, 3.8) is 0 Å². The van der Waals surface area contributed by atoms with Crippen molar-refractivity contribution in [1.82, 2.24) is 10.2 Å². The Hall–Kier alpha value is -1.59. The van der Waals surface area contributed by atoms with Crippen molar-refractivity contribution >= 4 is 17.8 Å². The van der Waals surface area contributed by atoms with E-state index in [-0.39, 0.29) is 30.9 Å². The van der Waals surface area contributed by atoms with Gasteiger partial charge in [0.1, 0.15) is 12.6 Å². The lowest BCUT2D eigenvalue weighted by molar-refractivity contribution is -0.144. The first-order valence-corrected chi connectivity index (χ1v) is 7.18. The molecule has 2 amide bonds. The maximum absolute atomic E-state index is 12.1. The predicted molar refractivity (Wildman–Crippen MR) is 73.8 cm³/mol. The zero-order valence-corrected chi connectivity index (χ0v) is 12.5. The first-order valence-electron chi connectivity index (χ1n) is 7.18. The second kappa shape index (κ2) is 7.87. The molecule has 0 radical (unpaired) electrons. The van der Waals surface area contributed by atoms with E-state index in [2.05, 4.69) is 5.32 Å². The van der Waals surface area contributed by atoms with Crippen LogP contribution < -0.4 is 5.32 Å². The topological polar surface area (TPSA) is 75.7 Å². The molecule has 1 rings (SSSR count). The summed E-state index contributed by atoms with van der Waals surface area (Å²) in [5.41, 5.74) is 0. The van der Waals surface area contributed by atoms with Crippen LogP contribution in [-0.4, -0.2) is 48.4 Å². The molecule has 1 fully saturated rings. The summed E-state index contributed by atoms with van der Waals surface area (Å²) < 4.78 is 4.75. The molecule has 0 bridgehead atoms. The molecule has 6 heteroatoms. The molecule has 1 heterocycles. The van der Waals surface area contributed by atoms with E-state index in [9.17, 15) is 14.4 Å². The number of nitrogens with one attached hydrogen (secondary N) is 1. The van der Waals surface area contributed by atoms with Crippen LogP contribution in [0.2, 0.25) is 0 Å². The van der Waals surface area contributed by atoms with Gasteiger partial charge in [0.25, 0.3) is 0 Å². The lowest BCUT2D eigenvalue weighted by Gasteiger charge is -2.24. The Morgan fingerprint density at radius 1 is 1.35 bits per heavy atom. The second-order valence-electron chi connectivity index (χ2n) is 5.37. The van der Waals surface area contributed by atoms with Crippen molar-refractivity contribution in [2.24, 2.45) is 5.92 Å². The van der Waals surface area contributed by atoms with E-state index in [1.165, 1.54) is 0 Å². The maximum Gasteiger partial charge on any atom is 0.325 e. The van der Waals surface area contributed by atoms with Crippen LogP contribution in [0.5, 0.6) is 0 Å². The molecule has 0 saturated carbocycles. The van der Waals surface area contributed by atoms with Crippen LogP contribution >= 0.6 is 0 Å². The van der Waals surface area contributed by atoms with Crippen molar-refractivity contribution in [3.05, 3.63) is 0 Å². The molecule has 0 aromatic rings. The first-order chi connectivity index (χ1) is 9.45. The molecule has 1 N–H and O–H groups in total. The SMILES string of the molecule is CCOC(=O)CNC(=O)[C@@H]1CCCN1C(=O)CC(C)C. The molecule has 1 aliphatic rings. The fraction of sp³-hybridized carbons (Fsp3) is 0.786. The maximum atomic E-state index is 12.1. The molecule has 114 valence electrons. The van der Waals surface area contributed by atoms with Gasteiger partial charge in [0.15, 0.2) is 0 Å². The Balaban J connectivity index is 2.49. The Morgan fingerprint density at radius 3 is 2.65 bits per heavy atom. The zero-order chi connectivity index (χ0) is 15.1. The second-order valence-corrected chi connectivity index (χ2v) is 5.37. The summed E-state index contributed by atoms with van der Waals surface area (Å²) in [5, 5.41) is 2.54. The van der Waals surface area contributed by atoms with Gasteiger partial charge in [0.2, 0.25) is 11.8 Å². The number of hydrogen-bond donors (Lipinski definition) is 1. The van der Waals surface area contributed by atoms with Crippen molar-refractivity contribution in [1.29, 1.82) is 0 Å². The smallest absolute Gasteiger partial charge is 0.325 e. The molecule has 0 unspecified atom stereocenters. The lowest BCUT2D eigenvalue weighted by Crippen LogP contribution is -2.47. The highest BCUT2D eigenvalue weighted by molar-refractivity contribution is 5.90. The third-order valence-corrected chi connectivity index (χ3v) is 3.17. The number of esters is 1. The Kier molecular flexibility index (Phi) is 6.48. The summed E-state index contributed by atoms with van der Waals surface area (Å²) >= 11 is 0. The number of rotatable bonds is 6. The molecule has 1 saturated heterocycles. The van der Waals surface area contributed by atoms with Gasteiger partial charge in [-0.1, -0.05) is 13.8 Å². The fourth-order valence-electron chi connectivity index (χ4n) is 2.29. The van der Waals surface area contributed by atoms with Crippen LogP contribution in [0, 0.1) is 5.92 Å².